The van der Waals surface area contributed by atoms with Gasteiger partial charge in [-0.2, -0.15) is 0 Å². The van der Waals surface area contributed by atoms with Crippen molar-refractivity contribution in [3.63, 3.8) is 0 Å². The van der Waals surface area contributed by atoms with E-state index in [-0.39, 0.29) is 30.2 Å². The molecule has 0 aromatic rings. The van der Waals surface area contributed by atoms with Crippen molar-refractivity contribution >= 4 is 0 Å². The molecule has 0 spiro atoms. The number of unbranched alkanes of at least 4 members (excludes halogenated alkanes) is 9. The third kappa shape index (κ3) is 12.6. The third-order valence-corrected chi connectivity index (χ3v) is 5.16. The van der Waals surface area contributed by atoms with Gasteiger partial charge < -0.3 is 29.1 Å². The molecule has 1 unspecified atom stereocenters. The van der Waals surface area contributed by atoms with Gasteiger partial charge in [0.1, 0.15) is 0 Å². The number of rotatable bonds is 16. The topological polar surface area (TPSA) is 20.2 Å². The third-order valence-electron chi connectivity index (χ3n) is 5.16. The van der Waals surface area contributed by atoms with E-state index < -0.39 is 0 Å². The minimum atomic E-state index is -0.204. The Morgan fingerprint density at radius 1 is 0.609 bits per heavy atom. The molecule has 1 atom stereocenters. The van der Waals surface area contributed by atoms with Crippen molar-refractivity contribution in [3.05, 3.63) is 0 Å². The zero-order valence-electron chi connectivity index (χ0n) is 16.5. The molecule has 0 heterocycles. The van der Waals surface area contributed by atoms with Gasteiger partial charge in [-0.3, -0.25) is 4.48 Å². The highest BCUT2D eigenvalue weighted by molar-refractivity contribution is 4.52. The van der Waals surface area contributed by atoms with E-state index in [0.717, 1.165) is 4.48 Å². The van der Waals surface area contributed by atoms with Crippen molar-refractivity contribution in [2.45, 2.75) is 111 Å². The van der Waals surface area contributed by atoms with E-state index in [9.17, 15) is 5.11 Å². The first-order chi connectivity index (χ1) is 10.6. The van der Waals surface area contributed by atoms with Crippen LogP contribution in [0.4, 0.5) is 0 Å². The van der Waals surface area contributed by atoms with E-state index >= 15 is 0 Å². The van der Waals surface area contributed by atoms with E-state index in [1.807, 2.05) is 6.92 Å². The van der Waals surface area contributed by atoms with Crippen molar-refractivity contribution < 1.29 is 33.6 Å². The average Bonchev–Trinajstić information content (AvgIpc) is 2.51. The quantitative estimate of drug-likeness (QED) is 0.169. The molecule has 142 valence electrons. The predicted molar refractivity (Wildman–Crippen MR) is 99.0 cm³/mol. The smallest absolute Gasteiger partial charge is 0.187 e. The fraction of sp³-hybridized carbons (Fsp3) is 1.00. The lowest BCUT2D eigenvalue weighted by Crippen LogP contribution is -3.00. The summed E-state index contributed by atoms with van der Waals surface area (Å²) >= 11 is 0. The maximum Gasteiger partial charge on any atom is 0.187 e. The Balaban J connectivity index is 0. The number of quaternary nitrogens is 1. The summed E-state index contributed by atoms with van der Waals surface area (Å²) in [4.78, 5) is 0. The molecule has 0 saturated heterocycles. The second-order valence-electron chi connectivity index (χ2n) is 7.20. The highest BCUT2D eigenvalue weighted by atomic mass is 127. The molecule has 0 rings (SSSR count). The van der Waals surface area contributed by atoms with Gasteiger partial charge in [0.2, 0.25) is 0 Å². The molecule has 0 aliphatic heterocycles. The van der Waals surface area contributed by atoms with Gasteiger partial charge in [0.15, 0.2) is 6.23 Å². The van der Waals surface area contributed by atoms with Crippen LogP contribution in [-0.2, 0) is 0 Å². The van der Waals surface area contributed by atoms with Crippen LogP contribution in [-0.4, -0.2) is 35.5 Å². The molecule has 0 aliphatic carbocycles. The van der Waals surface area contributed by atoms with E-state index in [0.29, 0.717) is 0 Å². The van der Waals surface area contributed by atoms with Gasteiger partial charge in [-0.1, -0.05) is 59.3 Å². The standard InChI is InChI=1S/C20H44NO.HI/c1-5-8-11-14-17-21(20(4)22,18-15-12-9-6-2)19-16-13-10-7-3;/h20,22H,5-19H2,1-4H3;1H/q+1;/p-1. The largest absolute Gasteiger partial charge is 1.00 e. The Morgan fingerprint density at radius 3 is 1.13 bits per heavy atom. The maximum atomic E-state index is 10.5. The molecule has 1 N–H and O–H groups in total. The van der Waals surface area contributed by atoms with Gasteiger partial charge in [-0.15, -0.1) is 0 Å². The molecule has 0 aromatic heterocycles. The zero-order chi connectivity index (χ0) is 16.7. The molecule has 0 aromatic carbocycles. The molecule has 0 bridgehead atoms. The molecule has 0 amide bonds. The fourth-order valence-electron chi connectivity index (χ4n) is 3.46. The first kappa shape index (κ1) is 25.9. The summed E-state index contributed by atoms with van der Waals surface area (Å²) in [7, 11) is 0. The number of nitrogens with zero attached hydrogens (tertiary/aromatic N) is 1. The van der Waals surface area contributed by atoms with Crippen LogP contribution < -0.4 is 24.0 Å². The summed E-state index contributed by atoms with van der Waals surface area (Å²) < 4.78 is 0.955. The van der Waals surface area contributed by atoms with Gasteiger partial charge in [-0.25, -0.2) is 0 Å². The number of aliphatic hydroxyl groups excluding tert-OH is 1. The summed E-state index contributed by atoms with van der Waals surface area (Å²) in [5.74, 6) is 0. The van der Waals surface area contributed by atoms with E-state index in [4.69, 9.17) is 0 Å². The SMILES string of the molecule is CCCCCC[N+](CCCCCC)(CCCCCC)C(C)O.[I-]. The van der Waals surface area contributed by atoms with Gasteiger partial charge in [0.05, 0.1) is 19.6 Å². The molecule has 0 saturated carbocycles. The van der Waals surface area contributed by atoms with Crippen molar-refractivity contribution in [2.24, 2.45) is 0 Å². The zero-order valence-corrected chi connectivity index (χ0v) is 18.6. The van der Waals surface area contributed by atoms with Crippen LogP contribution >= 0.6 is 0 Å². The van der Waals surface area contributed by atoms with Gasteiger partial charge in [-0.05, 0) is 38.5 Å². The van der Waals surface area contributed by atoms with E-state index in [2.05, 4.69) is 20.8 Å². The van der Waals surface area contributed by atoms with Crippen molar-refractivity contribution in [2.75, 3.05) is 19.6 Å². The fourth-order valence-corrected chi connectivity index (χ4v) is 3.46. The van der Waals surface area contributed by atoms with Gasteiger partial charge in [0, 0.05) is 6.92 Å². The average molecular weight is 441 g/mol. The lowest BCUT2D eigenvalue weighted by atomic mass is 10.1. The van der Waals surface area contributed by atoms with Crippen molar-refractivity contribution in [3.8, 4) is 0 Å². The summed E-state index contributed by atoms with van der Waals surface area (Å²) in [5, 5.41) is 10.5. The summed E-state index contributed by atoms with van der Waals surface area (Å²) in [6.45, 7) is 12.4. The Labute approximate surface area is 164 Å². The molecule has 0 fully saturated rings. The van der Waals surface area contributed by atoms with Crippen LogP contribution in [0.15, 0.2) is 0 Å². The monoisotopic (exact) mass is 441 g/mol. The summed E-state index contributed by atoms with van der Waals surface area (Å²) in [6.07, 6.45) is 15.5. The minimum Gasteiger partial charge on any atom is -1.00 e. The van der Waals surface area contributed by atoms with Crippen LogP contribution in [0.2, 0.25) is 0 Å². The normalized spacial score (nSPS) is 12.9. The van der Waals surface area contributed by atoms with Crippen LogP contribution in [0.25, 0.3) is 0 Å². The maximum absolute atomic E-state index is 10.5. The molecule has 0 aliphatic rings. The van der Waals surface area contributed by atoms with Gasteiger partial charge >= 0.3 is 0 Å². The Morgan fingerprint density at radius 2 is 0.913 bits per heavy atom. The molecule has 3 heteroatoms. The molecular formula is C20H44INO. The Bertz CT molecular complexity index is 202. The highest BCUT2D eigenvalue weighted by Crippen LogP contribution is 2.20. The number of hydrogen-bond acceptors (Lipinski definition) is 1. The second-order valence-corrected chi connectivity index (χ2v) is 7.20. The summed E-state index contributed by atoms with van der Waals surface area (Å²) in [5.41, 5.74) is 0. The molecular weight excluding hydrogens is 397 g/mol. The number of halogens is 1. The van der Waals surface area contributed by atoms with Crippen LogP contribution in [0.3, 0.4) is 0 Å². The molecule has 0 radical (unpaired) electrons. The summed E-state index contributed by atoms with van der Waals surface area (Å²) in [6, 6.07) is 0. The van der Waals surface area contributed by atoms with Crippen molar-refractivity contribution in [1.82, 2.24) is 0 Å². The van der Waals surface area contributed by atoms with Crippen LogP contribution in [0, 0.1) is 0 Å². The first-order valence-electron chi connectivity index (χ1n) is 10.2. The van der Waals surface area contributed by atoms with Crippen LogP contribution in [0.1, 0.15) is 105 Å². The number of hydrogen-bond donors (Lipinski definition) is 1. The number of aliphatic hydroxyl groups is 1. The van der Waals surface area contributed by atoms with Gasteiger partial charge in [0.25, 0.3) is 0 Å². The first-order valence-corrected chi connectivity index (χ1v) is 10.2. The van der Waals surface area contributed by atoms with Crippen LogP contribution in [0.5, 0.6) is 0 Å². The highest BCUT2D eigenvalue weighted by Gasteiger charge is 2.31. The molecule has 23 heavy (non-hydrogen) atoms. The minimum absolute atomic E-state index is 0. The second kappa shape index (κ2) is 17.5. The lowest BCUT2D eigenvalue weighted by Gasteiger charge is -2.41. The molecule has 2 nitrogen and oxygen atoms in total. The Hall–Kier alpha value is 0.650. The van der Waals surface area contributed by atoms with E-state index in [1.165, 1.54) is 96.7 Å². The van der Waals surface area contributed by atoms with E-state index in [1.54, 1.807) is 0 Å². The Kier molecular flexibility index (Phi) is 19.7. The van der Waals surface area contributed by atoms with Crippen molar-refractivity contribution in [1.29, 1.82) is 0 Å². The predicted octanol–water partition coefficient (Wildman–Crippen LogP) is 2.89. The lowest BCUT2D eigenvalue weighted by molar-refractivity contribution is -0.969.